The molecular weight excluding hydrogens is 247 g/mol. The van der Waals surface area contributed by atoms with Gasteiger partial charge in [0.25, 0.3) is 0 Å². The third kappa shape index (κ3) is 3.64. The Kier molecular flexibility index (Phi) is 3.73. The maximum absolute atomic E-state index is 12.2. The third-order valence-electron chi connectivity index (χ3n) is 2.28. The van der Waals surface area contributed by atoms with Crippen LogP contribution in [-0.2, 0) is 4.57 Å². The second-order valence-electron chi connectivity index (χ2n) is 4.08. The topological polar surface area (TPSA) is 35.5 Å². The van der Waals surface area contributed by atoms with Crippen LogP contribution in [0.15, 0.2) is 54.6 Å². The minimum atomic E-state index is -3.16. The zero-order valence-corrected chi connectivity index (χ0v) is 11.3. The maximum Gasteiger partial charge on any atom is 0.427 e. The second kappa shape index (κ2) is 5.28. The first-order valence-electron chi connectivity index (χ1n) is 5.64. The molecule has 2 aromatic carbocycles. The highest BCUT2D eigenvalue weighted by atomic mass is 31.2. The van der Waals surface area contributed by atoms with Gasteiger partial charge in [0, 0.05) is 0 Å². The van der Waals surface area contributed by atoms with Gasteiger partial charge >= 0.3 is 7.60 Å². The Balaban J connectivity index is 2.10. The molecule has 1 atom stereocenters. The molecule has 0 N–H and O–H groups in total. The van der Waals surface area contributed by atoms with Crippen molar-refractivity contribution >= 4 is 7.60 Å². The van der Waals surface area contributed by atoms with Crippen LogP contribution in [0, 0.1) is 6.92 Å². The molecule has 0 aliphatic heterocycles. The molecule has 1 unspecified atom stereocenters. The lowest BCUT2D eigenvalue weighted by Gasteiger charge is -2.16. The van der Waals surface area contributed by atoms with Gasteiger partial charge in [-0.05, 0) is 36.8 Å². The summed E-state index contributed by atoms with van der Waals surface area (Å²) in [5.74, 6) is 1.09. The molecule has 4 heteroatoms. The van der Waals surface area contributed by atoms with Crippen molar-refractivity contribution < 1.29 is 13.6 Å². The van der Waals surface area contributed by atoms with E-state index in [0.29, 0.717) is 11.5 Å². The van der Waals surface area contributed by atoms with Gasteiger partial charge in [0.1, 0.15) is 11.5 Å². The molecular formula is C14H15O3P. The van der Waals surface area contributed by atoms with E-state index in [1.807, 2.05) is 43.3 Å². The van der Waals surface area contributed by atoms with Crippen LogP contribution >= 0.6 is 7.60 Å². The van der Waals surface area contributed by atoms with Gasteiger partial charge in [0.05, 0.1) is 6.66 Å². The van der Waals surface area contributed by atoms with Gasteiger partial charge < -0.3 is 9.05 Å². The largest absolute Gasteiger partial charge is 0.427 e. The van der Waals surface area contributed by atoms with Crippen LogP contribution in [-0.4, -0.2) is 6.66 Å². The summed E-state index contributed by atoms with van der Waals surface area (Å²) in [4.78, 5) is 0. The fraction of sp³-hybridized carbons (Fsp3) is 0.143. The van der Waals surface area contributed by atoms with E-state index in [-0.39, 0.29) is 0 Å². The molecule has 0 heterocycles. The van der Waals surface area contributed by atoms with Crippen molar-refractivity contribution in [2.45, 2.75) is 6.92 Å². The van der Waals surface area contributed by atoms with Gasteiger partial charge in [-0.1, -0.05) is 30.3 Å². The predicted octanol–water partition coefficient (Wildman–Crippen LogP) is 4.28. The van der Waals surface area contributed by atoms with Crippen LogP contribution in [0.2, 0.25) is 0 Å². The fourth-order valence-electron chi connectivity index (χ4n) is 1.56. The number of hydrogen-bond acceptors (Lipinski definition) is 3. The van der Waals surface area contributed by atoms with Crippen molar-refractivity contribution in [3.8, 4) is 11.5 Å². The molecule has 0 saturated carbocycles. The Labute approximate surface area is 107 Å². The van der Waals surface area contributed by atoms with Crippen LogP contribution < -0.4 is 9.05 Å². The lowest BCUT2D eigenvalue weighted by atomic mass is 10.2. The molecule has 0 aromatic heterocycles. The molecule has 0 saturated heterocycles. The van der Waals surface area contributed by atoms with Crippen LogP contribution in [0.25, 0.3) is 0 Å². The first-order chi connectivity index (χ1) is 8.55. The molecule has 2 rings (SSSR count). The van der Waals surface area contributed by atoms with Crippen LogP contribution in [0.5, 0.6) is 11.5 Å². The third-order valence-corrected chi connectivity index (χ3v) is 3.36. The minimum Gasteiger partial charge on any atom is -0.416 e. The zero-order chi connectivity index (χ0) is 13.0. The first kappa shape index (κ1) is 12.7. The van der Waals surface area contributed by atoms with Gasteiger partial charge in [-0.3, -0.25) is 0 Å². The molecule has 0 amide bonds. The van der Waals surface area contributed by atoms with E-state index in [2.05, 4.69) is 0 Å². The number of rotatable bonds is 4. The Morgan fingerprint density at radius 3 is 2.17 bits per heavy atom. The summed E-state index contributed by atoms with van der Waals surface area (Å²) in [6.45, 7) is 3.41. The van der Waals surface area contributed by atoms with Crippen molar-refractivity contribution in [1.29, 1.82) is 0 Å². The van der Waals surface area contributed by atoms with E-state index in [4.69, 9.17) is 9.05 Å². The SMILES string of the molecule is Cc1cccc(OP(C)(=O)Oc2ccccc2)c1. The summed E-state index contributed by atoms with van der Waals surface area (Å²) in [6.07, 6.45) is 0. The smallest absolute Gasteiger partial charge is 0.416 e. The molecule has 0 radical (unpaired) electrons. The van der Waals surface area contributed by atoms with Crippen molar-refractivity contribution in [2.75, 3.05) is 6.66 Å². The van der Waals surface area contributed by atoms with Crippen molar-refractivity contribution in [3.63, 3.8) is 0 Å². The van der Waals surface area contributed by atoms with Crippen molar-refractivity contribution in [2.24, 2.45) is 0 Å². The maximum atomic E-state index is 12.2. The van der Waals surface area contributed by atoms with Crippen LogP contribution in [0.1, 0.15) is 5.56 Å². The molecule has 0 aliphatic rings. The second-order valence-corrected chi connectivity index (χ2v) is 5.99. The number of hydrogen-bond donors (Lipinski definition) is 0. The first-order valence-corrected chi connectivity index (χ1v) is 7.63. The normalized spacial score (nSPS) is 13.7. The summed E-state index contributed by atoms with van der Waals surface area (Å²) < 4.78 is 23.0. The van der Waals surface area contributed by atoms with Crippen molar-refractivity contribution in [1.82, 2.24) is 0 Å². The molecule has 3 nitrogen and oxygen atoms in total. The van der Waals surface area contributed by atoms with E-state index in [9.17, 15) is 4.57 Å². The fourth-order valence-corrected chi connectivity index (χ4v) is 2.59. The van der Waals surface area contributed by atoms with Crippen molar-refractivity contribution in [3.05, 3.63) is 60.2 Å². The summed E-state index contributed by atoms with van der Waals surface area (Å²) >= 11 is 0. The number of benzene rings is 2. The zero-order valence-electron chi connectivity index (χ0n) is 10.4. The van der Waals surface area contributed by atoms with E-state index >= 15 is 0 Å². The lowest BCUT2D eigenvalue weighted by molar-refractivity contribution is 0.393. The van der Waals surface area contributed by atoms with E-state index in [0.717, 1.165) is 5.56 Å². The number of aryl methyl sites for hydroxylation is 1. The van der Waals surface area contributed by atoms with Crippen LogP contribution in [0.4, 0.5) is 0 Å². The summed E-state index contributed by atoms with van der Waals surface area (Å²) in [7, 11) is -3.16. The minimum absolute atomic E-state index is 0.538. The Morgan fingerprint density at radius 1 is 0.889 bits per heavy atom. The molecule has 0 bridgehead atoms. The Morgan fingerprint density at radius 2 is 1.50 bits per heavy atom. The van der Waals surface area contributed by atoms with E-state index in [1.54, 1.807) is 18.2 Å². The highest BCUT2D eigenvalue weighted by molar-refractivity contribution is 7.53. The molecule has 94 valence electrons. The summed E-state index contributed by atoms with van der Waals surface area (Å²) in [6, 6.07) is 16.4. The van der Waals surface area contributed by atoms with Crippen LogP contribution in [0.3, 0.4) is 0 Å². The standard InChI is InChI=1S/C14H15O3P/c1-12-7-6-10-14(11-12)17-18(2,15)16-13-8-4-3-5-9-13/h3-11H,1-2H3. The highest BCUT2D eigenvalue weighted by Gasteiger charge is 2.20. The highest BCUT2D eigenvalue weighted by Crippen LogP contribution is 2.44. The predicted molar refractivity (Wildman–Crippen MR) is 72.4 cm³/mol. The van der Waals surface area contributed by atoms with Gasteiger partial charge in [-0.25, -0.2) is 4.57 Å². The monoisotopic (exact) mass is 262 g/mol. The molecule has 0 fully saturated rings. The molecule has 2 aromatic rings. The molecule has 18 heavy (non-hydrogen) atoms. The van der Waals surface area contributed by atoms with Gasteiger partial charge in [0.15, 0.2) is 0 Å². The molecule has 0 spiro atoms. The van der Waals surface area contributed by atoms with E-state index < -0.39 is 7.60 Å². The summed E-state index contributed by atoms with van der Waals surface area (Å²) in [5, 5.41) is 0. The van der Waals surface area contributed by atoms with Gasteiger partial charge in [-0.2, -0.15) is 0 Å². The Bertz CT molecular complexity index is 566. The molecule has 0 aliphatic carbocycles. The number of para-hydroxylation sites is 1. The quantitative estimate of drug-likeness (QED) is 0.771. The van der Waals surface area contributed by atoms with Gasteiger partial charge in [-0.15, -0.1) is 0 Å². The average molecular weight is 262 g/mol. The van der Waals surface area contributed by atoms with Gasteiger partial charge in [0.2, 0.25) is 0 Å². The summed E-state index contributed by atoms with van der Waals surface area (Å²) in [5.41, 5.74) is 1.05. The van der Waals surface area contributed by atoms with E-state index in [1.165, 1.54) is 6.66 Å². The Hall–Kier alpha value is -1.73. The lowest BCUT2D eigenvalue weighted by Crippen LogP contribution is -1.99. The average Bonchev–Trinajstić information content (AvgIpc) is 2.28.